The zero-order valence-corrected chi connectivity index (χ0v) is 14.6. The van der Waals surface area contributed by atoms with Crippen molar-refractivity contribution < 1.29 is 18.8 Å². The highest BCUT2D eigenvalue weighted by Gasteiger charge is 2.51. The summed E-state index contributed by atoms with van der Waals surface area (Å²) in [5.41, 5.74) is 0.645. The van der Waals surface area contributed by atoms with E-state index < -0.39 is 18.3 Å². The van der Waals surface area contributed by atoms with Crippen molar-refractivity contribution in [2.45, 2.75) is 45.8 Å². The number of benzene rings is 1. The number of carbonyl (C=O) groups is 1. The fraction of sp³-hybridized carbons (Fsp3) is 0.562. The average Bonchev–Trinajstić information content (AvgIpc) is 2.68. The minimum atomic E-state index is -0.465. The van der Waals surface area contributed by atoms with E-state index in [1.807, 2.05) is 46.8 Å². The molecule has 1 fully saturated rings. The van der Waals surface area contributed by atoms with Gasteiger partial charge in [0.1, 0.15) is 5.75 Å². The van der Waals surface area contributed by atoms with Gasteiger partial charge in [0.25, 0.3) is 0 Å². The van der Waals surface area contributed by atoms with Crippen LogP contribution in [0.2, 0.25) is 0 Å². The first-order valence-corrected chi connectivity index (χ1v) is 7.78. The molecule has 0 saturated carbocycles. The highest BCUT2D eigenvalue weighted by atomic mass is 16.7. The zero-order chi connectivity index (χ0) is 17.3. The highest BCUT2D eigenvalue weighted by Crippen LogP contribution is 2.37. The molecule has 1 aliphatic heterocycles. The maximum absolute atomic E-state index is 11.7. The minimum absolute atomic E-state index is 0.269. The highest BCUT2D eigenvalue weighted by molar-refractivity contribution is 6.62. The smallest absolute Gasteiger partial charge is 0.494 e. The number of carbonyl (C=O) groups excluding carboxylic acids is 1. The van der Waals surface area contributed by atoms with Gasteiger partial charge in [-0.1, -0.05) is 6.07 Å². The number of hydrogen-bond donors (Lipinski definition) is 2. The molecule has 0 radical (unpaired) electrons. The Labute approximate surface area is 138 Å². The Bertz CT molecular complexity index is 573. The Balaban J connectivity index is 2.21. The Morgan fingerprint density at radius 3 is 2.35 bits per heavy atom. The number of hydrogen-bond acceptors (Lipinski definition) is 4. The first-order chi connectivity index (χ1) is 10.7. The molecule has 6 nitrogen and oxygen atoms in total. The summed E-state index contributed by atoms with van der Waals surface area (Å²) in [7, 11) is 1.10. The Kier molecular flexibility index (Phi) is 4.91. The summed E-state index contributed by atoms with van der Waals surface area (Å²) in [6.07, 6.45) is 0. The molecule has 0 aromatic heterocycles. The number of urea groups is 1. The van der Waals surface area contributed by atoms with Gasteiger partial charge in [0, 0.05) is 6.54 Å². The summed E-state index contributed by atoms with van der Waals surface area (Å²) in [4.78, 5) is 11.7. The maximum Gasteiger partial charge on any atom is 0.494 e. The van der Waals surface area contributed by atoms with Crippen LogP contribution in [0, 0.1) is 0 Å². The lowest BCUT2D eigenvalue weighted by molar-refractivity contribution is 0.00578. The van der Waals surface area contributed by atoms with Gasteiger partial charge in [-0.25, -0.2) is 4.79 Å². The van der Waals surface area contributed by atoms with Crippen LogP contribution in [0.15, 0.2) is 18.2 Å². The van der Waals surface area contributed by atoms with E-state index >= 15 is 0 Å². The molecule has 1 aliphatic rings. The van der Waals surface area contributed by atoms with Gasteiger partial charge in [-0.3, -0.25) is 0 Å². The third-order valence-electron chi connectivity index (χ3n) is 4.34. The third kappa shape index (κ3) is 3.62. The van der Waals surface area contributed by atoms with Crippen LogP contribution in [0.4, 0.5) is 10.5 Å². The second-order valence-corrected chi connectivity index (χ2v) is 6.53. The van der Waals surface area contributed by atoms with Crippen LogP contribution in [0.5, 0.6) is 5.75 Å². The van der Waals surface area contributed by atoms with Crippen LogP contribution in [0.3, 0.4) is 0 Å². The largest absolute Gasteiger partial charge is 0.495 e. The predicted octanol–water partition coefficient (Wildman–Crippen LogP) is 2.14. The van der Waals surface area contributed by atoms with Crippen molar-refractivity contribution >= 4 is 24.3 Å². The number of anilines is 1. The van der Waals surface area contributed by atoms with Crippen molar-refractivity contribution in [2.24, 2.45) is 0 Å². The number of methoxy groups -OCH3 is 1. The molecular weight excluding hydrogens is 295 g/mol. The van der Waals surface area contributed by atoms with Crippen LogP contribution >= 0.6 is 0 Å². The summed E-state index contributed by atoms with van der Waals surface area (Å²) >= 11 is 0. The van der Waals surface area contributed by atoms with E-state index in [1.165, 1.54) is 0 Å². The summed E-state index contributed by atoms with van der Waals surface area (Å²) < 4.78 is 17.4. The molecule has 1 aromatic rings. The maximum atomic E-state index is 11.7. The minimum Gasteiger partial charge on any atom is -0.495 e. The average molecular weight is 320 g/mol. The molecule has 0 bridgehead atoms. The van der Waals surface area contributed by atoms with Gasteiger partial charge >= 0.3 is 13.1 Å². The molecule has 0 unspecified atom stereocenters. The van der Waals surface area contributed by atoms with Gasteiger partial charge < -0.3 is 24.7 Å². The molecule has 1 heterocycles. The van der Waals surface area contributed by atoms with Crippen molar-refractivity contribution in [3.05, 3.63) is 18.2 Å². The van der Waals surface area contributed by atoms with Crippen LogP contribution in [-0.4, -0.2) is 38.0 Å². The molecule has 1 aromatic carbocycles. The van der Waals surface area contributed by atoms with Crippen molar-refractivity contribution in [1.29, 1.82) is 0 Å². The van der Waals surface area contributed by atoms with E-state index in [0.29, 0.717) is 18.0 Å². The summed E-state index contributed by atoms with van der Waals surface area (Å²) in [5.74, 6) is 0.559. The Morgan fingerprint density at radius 2 is 1.83 bits per heavy atom. The SMILES string of the molecule is CCNC(=O)Nc1ccc(B2OC(C)(C)C(C)(C)O2)cc1OC. The molecule has 1 saturated heterocycles. The number of amides is 2. The molecule has 23 heavy (non-hydrogen) atoms. The lowest BCUT2D eigenvalue weighted by Crippen LogP contribution is -2.41. The van der Waals surface area contributed by atoms with Gasteiger partial charge in [-0.15, -0.1) is 0 Å². The van der Waals surface area contributed by atoms with Crippen LogP contribution in [0.1, 0.15) is 34.6 Å². The van der Waals surface area contributed by atoms with E-state index in [-0.39, 0.29) is 6.03 Å². The van der Waals surface area contributed by atoms with Crippen LogP contribution in [-0.2, 0) is 9.31 Å². The number of rotatable bonds is 4. The van der Waals surface area contributed by atoms with Crippen molar-refractivity contribution in [3.63, 3.8) is 0 Å². The van der Waals surface area contributed by atoms with E-state index in [2.05, 4.69) is 10.6 Å². The molecule has 0 atom stereocenters. The van der Waals surface area contributed by atoms with E-state index in [4.69, 9.17) is 14.0 Å². The second kappa shape index (κ2) is 6.41. The molecule has 2 rings (SSSR count). The molecule has 2 N–H and O–H groups in total. The first kappa shape index (κ1) is 17.6. The van der Waals surface area contributed by atoms with Gasteiger partial charge in [0.15, 0.2) is 0 Å². The summed E-state index contributed by atoms with van der Waals surface area (Å²) in [5, 5.41) is 5.44. The third-order valence-corrected chi connectivity index (χ3v) is 4.34. The molecule has 0 spiro atoms. The molecule has 2 amide bonds. The lowest BCUT2D eigenvalue weighted by atomic mass is 9.79. The first-order valence-electron chi connectivity index (χ1n) is 7.78. The van der Waals surface area contributed by atoms with Crippen molar-refractivity contribution in [2.75, 3.05) is 19.0 Å². The summed E-state index contributed by atoms with van der Waals surface area (Å²) in [6, 6.07) is 5.21. The van der Waals surface area contributed by atoms with E-state index in [9.17, 15) is 4.79 Å². The molecule has 126 valence electrons. The molecular formula is C16H25BN2O4. The van der Waals surface area contributed by atoms with Gasteiger partial charge in [0.2, 0.25) is 0 Å². The zero-order valence-electron chi connectivity index (χ0n) is 14.6. The summed E-state index contributed by atoms with van der Waals surface area (Å²) in [6.45, 7) is 10.5. The number of nitrogens with one attached hydrogen (secondary N) is 2. The fourth-order valence-electron chi connectivity index (χ4n) is 2.26. The lowest BCUT2D eigenvalue weighted by Gasteiger charge is -2.32. The fourth-order valence-corrected chi connectivity index (χ4v) is 2.26. The van der Waals surface area contributed by atoms with Gasteiger partial charge in [0.05, 0.1) is 24.0 Å². The second-order valence-electron chi connectivity index (χ2n) is 6.53. The molecule has 7 heteroatoms. The predicted molar refractivity (Wildman–Crippen MR) is 91.4 cm³/mol. The molecule has 0 aliphatic carbocycles. The van der Waals surface area contributed by atoms with Gasteiger partial charge in [-0.05, 0) is 52.2 Å². The van der Waals surface area contributed by atoms with Crippen molar-refractivity contribution in [1.82, 2.24) is 5.32 Å². The Hall–Kier alpha value is -1.73. The topological polar surface area (TPSA) is 68.8 Å². The van der Waals surface area contributed by atoms with E-state index in [0.717, 1.165) is 5.46 Å². The van der Waals surface area contributed by atoms with Crippen LogP contribution in [0.25, 0.3) is 0 Å². The normalized spacial score (nSPS) is 18.6. The van der Waals surface area contributed by atoms with E-state index in [1.54, 1.807) is 13.2 Å². The standard InChI is InChI=1S/C16H25BN2O4/c1-7-18-14(20)19-12-9-8-11(10-13(12)21-6)17-22-15(2,3)16(4,5)23-17/h8-10H,7H2,1-6H3,(H2,18,19,20). The van der Waals surface area contributed by atoms with Gasteiger partial charge in [-0.2, -0.15) is 0 Å². The Morgan fingerprint density at radius 1 is 1.22 bits per heavy atom. The van der Waals surface area contributed by atoms with Crippen LogP contribution < -0.4 is 20.8 Å². The quantitative estimate of drug-likeness (QED) is 0.834. The number of ether oxygens (including phenoxy) is 1. The monoisotopic (exact) mass is 320 g/mol. The van der Waals surface area contributed by atoms with Crippen molar-refractivity contribution in [3.8, 4) is 5.75 Å².